The van der Waals surface area contributed by atoms with Crippen molar-refractivity contribution in [1.29, 1.82) is 0 Å². The summed E-state index contributed by atoms with van der Waals surface area (Å²) in [6.45, 7) is 15.7. The summed E-state index contributed by atoms with van der Waals surface area (Å²) < 4.78 is 5.60. The second kappa shape index (κ2) is 9.15. The van der Waals surface area contributed by atoms with Crippen molar-refractivity contribution in [3.05, 3.63) is 12.2 Å². The van der Waals surface area contributed by atoms with Gasteiger partial charge in [-0.3, -0.25) is 9.59 Å². The van der Waals surface area contributed by atoms with Crippen LogP contribution in [0, 0.1) is 58.2 Å². The molecule has 0 spiro atoms. The van der Waals surface area contributed by atoms with E-state index < -0.39 is 0 Å². The van der Waals surface area contributed by atoms with Crippen LogP contribution in [0.25, 0.3) is 0 Å². The number of rotatable bonds is 5. The third-order valence-corrected chi connectivity index (χ3v) is 11.1. The third-order valence-electron chi connectivity index (χ3n) is 11.1. The lowest BCUT2D eigenvalue weighted by Crippen LogP contribution is -2.58. The van der Waals surface area contributed by atoms with Gasteiger partial charge in [-0.25, -0.2) is 0 Å². The van der Waals surface area contributed by atoms with Gasteiger partial charge in [0, 0.05) is 19.3 Å². The van der Waals surface area contributed by atoms with Gasteiger partial charge in [-0.1, -0.05) is 53.7 Å². The van der Waals surface area contributed by atoms with Crippen LogP contribution in [0.15, 0.2) is 12.2 Å². The Morgan fingerprint density at radius 1 is 1.00 bits per heavy atom. The van der Waals surface area contributed by atoms with Gasteiger partial charge in [-0.05, 0) is 97.2 Å². The fourth-order valence-corrected chi connectivity index (χ4v) is 8.98. The summed E-state index contributed by atoms with van der Waals surface area (Å²) in [7, 11) is 0. The van der Waals surface area contributed by atoms with Crippen LogP contribution in [-0.2, 0) is 14.3 Å². The van der Waals surface area contributed by atoms with E-state index in [0.29, 0.717) is 47.2 Å². The highest BCUT2D eigenvalue weighted by atomic mass is 16.5. The van der Waals surface area contributed by atoms with E-state index in [9.17, 15) is 9.59 Å². The third kappa shape index (κ3) is 4.36. The molecule has 0 aromatic heterocycles. The summed E-state index contributed by atoms with van der Waals surface area (Å²) in [5.74, 6) is 4.80. The van der Waals surface area contributed by atoms with Crippen molar-refractivity contribution >= 4 is 11.8 Å². The van der Waals surface area contributed by atoms with Crippen molar-refractivity contribution in [3.63, 3.8) is 0 Å². The summed E-state index contributed by atoms with van der Waals surface area (Å²) in [5.41, 5.74) is 0.246. The van der Waals surface area contributed by atoms with E-state index in [-0.39, 0.29) is 28.8 Å². The van der Waals surface area contributed by atoms with Gasteiger partial charge in [0.2, 0.25) is 0 Å². The average Bonchev–Trinajstić information content (AvgIpc) is 3.07. The van der Waals surface area contributed by atoms with Crippen LogP contribution < -0.4 is 0 Å². The van der Waals surface area contributed by atoms with Crippen LogP contribution in [0.3, 0.4) is 0 Å². The maximum Gasteiger partial charge on any atom is 0.302 e. The minimum Gasteiger partial charge on any atom is -0.463 e. The molecule has 4 aliphatic rings. The van der Waals surface area contributed by atoms with Crippen molar-refractivity contribution in [2.24, 2.45) is 58.2 Å². The molecule has 4 rings (SSSR count). The number of Topliss-reactive ketones (excluding diaryl/α,β-unsaturated/α-hetero) is 1. The predicted molar refractivity (Wildman–Crippen MR) is 133 cm³/mol. The van der Waals surface area contributed by atoms with Gasteiger partial charge in [0.1, 0.15) is 11.9 Å². The molecule has 0 amide bonds. The standard InChI is InChI=1S/C30H48O3/c1-18(2)19(3)8-9-20(4)25-12-13-26-24-11-10-22-16-23(33-21(5)31)14-15-29(22,6)28(24)27(32)17-30(25,26)7/h8-9,18-20,22-26,28H,10-17H2,1-7H3/t19-,20+,22?,23-,24-,25+,26-,28-,29-,30+/m0/s1. The zero-order chi connectivity index (χ0) is 24.1. The number of fused-ring (bicyclic) bond motifs is 5. The van der Waals surface area contributed by atoms with Crippen molar-refractivity contribution in [2.45, 2.75) is 106 Å². The van der Waals surface area contributed by atoms with Crippen molar-refractivity contribution < 1.29 is 14.3 Å². The summed E-state index contributed by atoms with van der Waals surface area (Å²) in [5, 5.41) is 0. The Labute approximate surface area is 202 Å². The summed E-state index contributed by atoms with van der Waals surface area (Å²) >= 11 is 0. The Balaban J connectivity index is 1.52. The van der Waals surface area contributed by atoms with E-state index in [2.05, 4.69) is 53.7 Å². The topological polar surface area (TPSA) is 43.4 Å². The fraction of sp³-hybridized carbons (Fsp3) is 0.867. The first-order valence-electron chi connectivity index (χ1n) is 13.9. The molecule has 4 fully saturated rings. The van der Waals surface area contributed by atoms with Gasteiger partial charge in [0.25, 0.3) is 0 Å². The van der Waals surface area contributed by atoms with Gasteiger partial charge in [0.15, 0.2) is 0 Å². The number of carbonyl (C=O) groups is 2. The lowest BCUT2D eigenvalue weighted by molar-refractivity contribution is -0.169. The first kappa shape index (κ1) is 25.0. The molecule has 4 aliphatic carbocycles. The van der Waals surface area contributed by atoms with E-state index in [1.807, 2.05) is 0 Å². The monoisotopic (exact) mass is 456 g/mol. The highest BCUT2D eigenvalue weighted by molar-refractivity contribution is 5.84. The Morgan fingerprint density at radius 2 is 1.73 bits per heavy atom. The molecule has 10 atom stereocenters. The molecule has 0 aliphatic heterocycles. The Morgan fingerprint density at radius 3 is 2.39 bits per heavy atom. The molecule has 0 heterocycles. The van der Waals surface area contributed by atoms with Crippen LogP contribution in [0.4, 0.5) is 0 Å². The zero-order valence-corrected chi connectivity index (χ0v) is 22.2. The molecule has 0 N–H and O–H groups in total. The van der Waals surface area contributed by atoms with Crippen LogP contribution in [0.1, 0.15) is 99.8 Å². The maximum absolute atomic E-state index is 13.9. The molecule has 0 aromatic rings. The van der Waals surface area contributed by atoms with Gasteiger partial charge < -0.3 is 4.74 Å². The number of ketones is 1. The zero-order valence-electron chi connectivity index (χ0n) is 22.2. The van der Waals surface area contributed by atoms with Crippen LogP contribution in [-0.4, -0.2) is 17.9 Å². The predicted octanol–water partition coefficient (Wildman–Crippen LogP) is 7.24. The molecule has 0 saturated heterocycles. The van der Waals surface area contributed by atoms with E-state index in [1.54, 1.807) is 0 Å². The van der Waals surface area contributed by atoms with E-state index >= 15 is 0 Å². The lowest BCUT2D eigenvalue weighted by atomic mass is 9.44. The molecule has 3 heteroatoms. The van der Waals surface area contributed by atoms with Crippen LogP contribution in [0.5, 0.6) is 0 Å². The molecule has 0 aromatic carbocycles. The minimum atomic E-state index is -0.162. The smallest absolute Gasteiger partial charge is 0.302 e. The molecule has 0 bridgehead atoms. The Bertz CT molecular complexity index is 783. The molecular formula is C30H48O3. The minimum absolute atomic E-state index is 0.0535. The molecule has 186 valence electrons. The molecule has 3 nitrogen and oxygen atoms in total. The van der Waals surface area contributed by atoms with Crippen molar-refractivity contribution in [3.8, 4) is 0 Å². The summed E-state index contributed by atoms with van der Waals surface area (Å²) in [6, 6.07) is 0. The highest BCUT2D eigenvalue weighted by Gasteiger charge is 2.63. The quantitative estimate of drug-likeness (QED) is 0.323. The molecule has 33 heavy (non-hydrogen) atoms. The van der Waals surface area contributed by atoms with E-state index in [4.69, 9.17) is 4.74 Å². The number of hydrogen-bond acceptors (Lipinski definition) is 3. The Kier molecular flexibility index (Phi) is 6.93. The Hall–Kier alpha value is -1.12. The van der Waals surface area contributed by atoms with Crippen LogP contribution >= 0.6 is 0 Å². The first-order valence-corrected chi connectivity index (χ1v) is 13.9. The largest absolute Gasteiger partial charge is 0.463 e. The first-order chi connectivity index (χ1) is 15.5. The highest BCUT2D eigenvalue weighted by Crippen LogP contribution is 2.67. The van der Waals surface area contributed by atoms with E-state index in [1.165, 1.54) is 32.6 Å². The number of hydrogen-bond donors (Lipinski definition) is 0. The van der Waals surface area contributed by atoms with Gasteiger partial charge in [-0.15, -0.1) is 0 Å². The SMILES string of the molecule is CC(=O)O[C@H]1CC[C@@]2(C)C(CC[C@@H]3[C@H]2C(=O)C[C@]2(C)[C@@H]([C@H](C)C=C[C@H](C)C(C)C)CC[C@@H]32)C1. The second-order valence-corrected chi connectivity index (χ2v) is 13.2. The van der Waals surface area contributed by atoms with E-state index in [0.717, 1.165) is 25.7 Å². The maximum atomic E-state index is 13.9. The molecule has 1 unspecified atom stereocenters. The van der Waals surface area contributed by atoms with Crippen molar-refractivity contribution in [2.75, 3.05) is 0 Å². The number of allylic oxidation sites excluding steroid dienone is 2. The molecule has 4 saturated carbocycles. The summed E-state index contributed by atoms with van der Waals surface area (Å²) in [6.07, 6.45) is 13.6. The lowest BCUT2D eigenvalue weighted by Gasteiger charge is -2.60. The van der Waals surface area contributed by atoms with Gasteiger partial charge in [-0.2, -0.15) is 0 Å². The number of ether oxygens (including phenoxy) is 1. The van der Waals surface area contributed by atoms with Gasteiger partial charge in [0.05, 0.1) is 0 Å². The second-order valence-electron chi connectivity index (χ2n) is 13.2. The summed E-state index contributed by atoms with van der Waals surface area (Å²) in [4.78, 5) is 25.4. The normalized spacial score (nSPS) is 44.8. The molecule has 0 radical (unpaired) electrons. The number of esters is 1. The average molecular weight is 457 g/mol. The van der Waals surface area contributed by atoms with Gasteiger partial charge >= 0.3 is 5.97 Å². The fourth-order valence-electron chi connectivity index (χ4n) is 8.98. The molecular weight excluding hydrogens is 408 g/mol. The number of carbonyl (C=O) groups excluding carboxylic acids is 2. The van der Waals surface area contributed by atoms with Crippen LogP contribution in [0.2, 0.25) is 0 Å². The van der Waals surface area contributed by atoms with Crippen molar-refractivity contribution in [1.82, 2.24) is 0 Å².